The molecular weight excluding hydrogens is 364 g/mol. The second-order valence-corrected chi connectivity index (χ2v) is 6.88. The third kappa shape index (κ3) is 4.69. The van der Waals surface area contributed by atoms with Gasteiger partial charge in [0, 0.05) is 24.1 Å². The van der Waals surface area contributed by atoms with Crippen molar-refractivity contribution >= 4 is 35.3 Å². The zero-order valence-electron chi connectivity index (χ0n) is 15.1. The van der Waals surface area contributed by atoms with Crippen LogP contribution in [0.15, 0.2) is 52.3 Å². The monoisotopic (exact) mass is 384 g/mol. The molecule has 0 saturated carbocycles. The molecule has 3 rings (SSSR count). The van der Waals surface area contributed by atoms with E-state index >= 15 is 0 Å². The molecule has 0 atom stereocenters. The minimum atomic E-state index is -0.202. The summed E-state index contributed by atoms with van der Waals surface area (Å²) in [5, 5.41) is 5.62. The molecule has 0 bridgehead atoms. The van der Waals surface area contributed by atoms with E-state index in [1.54, 1.807) is 26.4 Å². The van der Waals surface area contributed by atoms with Crippen molar-refractivity contribution in [2.45, 2.75) is 4.90 Å². The van der Waals surface area contributed by atoms with Crippen molar-refractivity contribution in [1.29, 1.82) is 0 Å². The highest BCUT2D eigenvalue weighted by molar-refractivity contribution is 8.04. The van der Waals surface area contributed by atoms with Crippen molar-refractivity contribution in [2.75, 3.05) is 32.7 Å². The lowest BCUT2D eigenvalue weighted by atomic mass is 10.1. The Morgan fingerprint density at radius 1 is 1.22 bits per heavy atom. The molecule has 27 heavy (non-hydrogen) atoms. The van der Waals surface area contributed by atoms with Crippen molar-refractivity contribution in [3.63, 3.8) is 0 Å². The second kappa shape index (κ2) is 8.75. The molecule has 2 amide bonds. The summed E-state index contributed by atoms with van der Waals surface area (Å²) in [6.45, 7) is 0.878. The SMILES string of the molecule is COCCNC(=O)c1ccc2c(c1)NC(=O)/C(=C\c1cccc(OC)c1)S2. The van der Waals surface area contributed by atoms with Gasteiger partial charge in [0.1, 0.15) is 5.75 Å². The average Bonchev–Trinajstić information content (AvgIpc) is 2.68. The molecule has 2 aromatic carbocycles. The van der Waals surface area contributed by atoms with Crippen LogP contribution in [-0.2, 0) is 9.53 Å². The number of hydrogen-bond donors (Lipinski definition) is 2. The minimum absolute atomic E-state index is 0.202. The summed E-state index contributed by atoms with van der Waals surface area (Å²) >= 11 is 1.37. The molecular formula is C20H20N2O4S. The van der Waals surface area contributed by atoms with Gasteiger partial charge < -0.3 is 20.1 Å². The van der Waals surface area contributed by atoms with Crippen LogP contribution in [0.2, 0.25) is 0 Å². The highest BCUT2D eigenvalue weighted by Crippen LogP contribution is 2.39. The number of amides is 2. The topological polar surface area (TPSA) is 76.7 Å². The van der Waals surface area contributed by atoms with E-state index in [4.69, 9.17) is 9.47 Å². The van der Waals surface area contributed by atoms with Gasteiger partial charge in [-0.05, 0) is 42.0 Å². The van der Waals surface area contributed by atoms with Gasteiger partial charge in [-0.2, -0.15) is 0 Å². The maximum Gasteiger partial charge on any atom is 0.262 e. The molecule has 0 saturated heterocycles. The minimum Gasteiger partial charge on any atom is -0.497 e. The molecule has 0 aliphatic carbocycles. The number of carbonyl (C=O) groups excluding carboxylic acids is 2. The van der Waals surface area contributed by atoms with Crippen LogP contribution in [0.3, 0.4) is 0 Å². The van der Waals surface area contributed by atoms with E-state index in [2.05, 4.69) is 10.6 Å². The molecule has 6 nitrogen and oxygen atoms in total. The fraction of sp³-hybridized carbons (Fsp3) is 0.200. The van der Waals surface area contributed by atoms with Gasteiger partial charge in [0.05, 0.1) is 24.3 Å². The van der Waals surface area contributed by atoms with E-state index in [0.717, 1.165) is 16.2 Å². The first-order valence-corrected chi connectivity index (χ1v) is 9.18. The lowest BCUT2D eigenvalue weighted by Crippen LogP contribution is -2.27. The molecule has 0 aromatic heterocycles. The van der Waals surface area contributed by atoms with Crippen LogP contribution in [0.1, 0.15) is 15.9 Å². The standard InChI is InChI=1S/C20H20N2O4S/c1-25-9-8-21-19(23)14-6-7-17-16(12-14)22-20(24)18(27-17)11-13-4-3-5-15(10-13)26-2/h3-7,10-12H,8-9H2,1-2H3,(H,21,23)(H,22,24)/b18-11+. The van der Waals surface area contributed by atoms with E-state index in [-0.39, 0.29) is 11.8 Å². The number of rotatable bonds is 6. The number of benzene rings is 2. The lowest BCUT2D eigenvalue weighted by Gasteiger charge is -2.19. The van der Waals surface area contributed by atoms with Gasteiger partial charge in [0.2, 0.25) is 0 Å². The van der Waals surface area contributed by atoms with E-state index in [1.807, 2.05) is 36.4 Å². The van der Waals surface area contributed by atoms with Crippen LogP contribution in [0, 0.1) is 0 Å². The fourth-order valence-electron chi connectivity index (χ4n) is 2.55. The van der Waals surface area contributed by atoms with Gasteiger partial charge in [0.15, 0.2) is 0 Å². The molecule has 1 heterocycles. The normalized spacial score (nSPS) is 14.4. The smallest absolute Gasteiger partial charge is 0.262 e. The largest absolute Gasteiger partial charge is 0.497 e. The first-order valence-electron chi connectivity index (χ1n) is 8.37. The number of methoxy groups -OCH3 is 2. The van der Waals surface area contributed by atoms with E-state index in [0.29, 0.717) is 29.3 Å². The Kier molecular flexibility index (Phi) is 6.16. The first-order chi connectivity index (χ1) is 13.1. The van der Waals surface area contributed by atoms with Crippen molar-refractivity contribution in [3.05, 3.63) is 58.5 Å². The van der Waals surface area contributed by atoms with Crippen molar-refractivity contribution in [2.24, 2.45) is 0 Å². The zero-order chi connectivity index (χ0) is 19.2. The molecule has 0 spiro atoms. The number of thioether (sulfide) groups is 1. The highest BCUT2D eigenvalue weighted by atomic mass is 32.2. The summed E-state index contributed by atoms with van der Waals surface area (Å²) in [6.07, 6.45) is 1.82. The Labute approximate surface area is 161 Å². The summed E-state index contributed by atoms with van der Waals surface area (Å²) in [4.78, 5) is 26.1. The van der Waals surface area contributed by atoms with E-state index < -0.39 is 0 Å². The van der Waals surface area contributed by atoms with E-state index in [9.17, 15) is 9.59 Å². The number of hydrogen-bond acceptors (Lipinski definition) is 5. The maximum atomic E-state index is 12.5. The zero-order valence-corrected chi connectivity index (χ0v) is 15.9. The van der Waals surface area contributed by atoms with Gasteiger partial charge in [-0.1, -0.05) is 23.9 Å². The molecule has 0 unspecified atom stereocenters. The second-order valence-electron chi connectivity index (χ2n) is 5.80. The third-order valence-corrected chi connectivity index (χ3v) is 5.02. The highest BCUT2D eigenvalue weighted by Gasteiger charge is 2.22. The molecule has 0 fully saturated rings. The predicted molar refractivity (Wildman–Crippen MR) is 106 cm³/mol. The van der Waals surface area contributed by atoms with E-state index in [1.165, 1.54) is 11.8 Å². The third-order valence-electron chi connectivity index (χ3n) is 3.92. The van der Waals surface area contributed by atoms with Crippen molar-refractivity contribution in [3.8, 4) is 5.75 Å². The fourth-order valence-corrected chi connectivity index (χ4v) is 3.48. The summed E-state index contributed by atoms with van der Waals surface area (Å²) in [5.74, 6) is 0.328. The molecule has 7 heteroatoms. The number of ether oxygens (including phenoxy) is 2. The Bertz CT molecular complexity index is 895. The summed E-state index contributed by atoms with van der Waals surface area (Å²) < 4.78 is 10.1. The number of fused-ring (bicyclic) bond motifs is 1. The Balaban J connectivity index is 1.78. The maximum absolute atomic E-state index is 12.5. The average molecular weight is 384 g/mol. The summed E-state index contributed by atoms with van der Waals surface area (Å²) in [5.41, 5.74) is 2.00. The van der Waals surface area contributed by atoms with Gasteiger partial charge in [-0.25, -0.2) is 0 Å². The molecule has 140 valence electrons. The van der Waals surface area contributed by atoms with Crippen LogP contribution >= 0.6 is 11.8 Å². The van der Waals surface area contributed by atoms with Gasteiger partial charge in [-0.15, -0.1) is 0 Å². The Morgan fingerprint density at radius 2 is 2.07 bits per heavy atom. The number of anilines is 1. The predicted octanol–water partition coefficient (Wildman–Crippen LogP) is 3.16. The van der Waals surface area contributed by atoms with Gasteiger partial charge in [0.25, 0.3) is 11.8 Å². The molecule has 0 radical (unpaired) electrons. The first kappa shape index (κ1) is 19.0. The van der Waals surface area contributed by atoms with Crippen LogP contribution in [0.5, 0.6) is 5.75 Å². The quantitative estimate of drug-likeness (QED) is 0.591. The van der Waals surface area contributed by atoms with Crippen molar-refractivity contribution in [1.82, 2.24) is 5.32 Å². The summed E-state index contributed by atoms with van der Waals surface area (Å²) in [7, 11) is 3.18. The number of carbonyl (C=O) groups is 2. The van der Waals surface area contributed by atoms with Gasteiger partial charge >= 0.3 is 0 Å². The Hall–Kier alpha value is -2.77. The molecule has 1 aliphatic rings. The van der Waals surface area contributed by atoms with Crippen LogP contribution in [0.25, 0.3) is 6.08 Å². The molecule has 2 N–H and O–H groups in total. The molecule has 1 aliphatic heterocycles. The van der Waals surface area contributed by atoms with Crippen LogP contribution in [0.4, 0.5) is 5.69 Å². The van der Waals surface area contributed by atoms with Crippen LogP contribution < -0.4 is 15.4 Å². The number of nitrogens with one attached hydrogen (secondary N) is 2. The van der Waals surface area contributed by atoms with Crippen LogP contribution in [-0.4, -0.2) is 39.2 Å². The summed E-state index contributed by atoms with van der Waals surface area (Å²) in [6, 6.07) is 12.8. The lowest BCUT2D eigenvalue weighted by molar-refractivity contribution is -0.112. The Morgan fingerprint density at radius 3 is 2.85 bits per heavy atom. The van der Waals surface area contributed by atoms with Crippen molar-refractivity contribution < 1.29 is 19.1 Å². The molecule has 2 aromatic rings. The van der Waals surface area contributed by atoms with Gasteiger partial charge in [-0.3, -0.25) is 9.59 Å².